The number of hydrogen-bond acceptors (Lipinski definition) is 4. The third kappa shape index (κ3) is 15.5. The first kappa shape index (κ1) is 33.8. The Labute approximate surface area is 222 Å². The van der Waals surface area contributed by atoms with Crippen molar-refractivity contribution in [1.82, 2.24) is 5.32 Å². The number of methoxy groups -OCH3 is 2. The maximum atomic E-state index is 6.59. The molecule has 2 aliphatic carbocycles. The van der Waals surface area contributed by atoms with Gasteiger partial charge in [-0.2, -0.15) is 0 Å². The number of hydrogen-bond donors (Lipinski definition) is 1. The number of nitrogens with one attached hydrogen (secondary N) is 1. The lowest BCUT2D eigenvalue weighted by Gasteiger charge is -2.32. The lowest BCUT2D eigenvalue weighted by Crippen LogP contribution is -2.37. The van der Waals surface area contributed by atoms with Gasteiger partial charge >= 0.3 is 0 Å². The zero-order valence-electron chi connectivity index (χ0n) is 23.0. The Kier molecular flexibility index (Phi) is 22.5. The fraction of sp³-hybridized carbons (Fsp3) is 0.667. The van der Waals surface area contributed by atoms with Crippen LogP contribution >= 0.6 is 12.4 Å². The Morgan fingerprint density at radius 3 is 2.17 bits per heavy atom. The second-order valence-electron chi connectivity index (χ2n) is 9.32. The van der Waals surface area contributed by atoms with E-state index in [1.165, 1.54) is 56.1 Å². The number of ether oxygens (including phenoxy) is 3. The predicted octanol–water partition coefficient (Wildman–Crippen LogP) is 7.35. The molecule has 1 fully saturated rings. The van der Waals surface area contributed by atoms with Crippen LogP contribution in [0.4, 0.5) is 0 Å². The van der Waals surface area contributed by atoms with Crippen molar-refractivity contribution in [2.45, 2.75) is 76.7 Å². The average Bonchev–Trinajstić information content (AvgIpc) is 2.88. The van der Waals surface area contributed by atoms with Gasteiger partial charge in [0, 0.05) is 40.9 Å². The molecule has 0 bridgehead atoms. The Morgan fingerprint density at radius 2 is 1.60 bits per heavy atom. The van der Waals surface area contributed by atoms with E-state index < -0.39 is 0 Å². The molecule has 202 valence electrons. The molecule has 1 unspecified atom stereocenters. The van der Waals surface area contributed by atoms with Crippen LogP contribution in [-0.4, -0.2) is 54.2 Å². The second kappa shape index (κ2) is 23.2. The molecule has 35 heavy (non-hydrogen) atoms. The van der Waals surface area contributed by atoms with E-state index in [1.54, 1.807) is 28.4 Å². The fourth-order valence-corrected chi connectivity index (χ4v) is 4.61. The van der Waals surface area contributed by atoms with Crippen molar-refractivity contribution in [3.05, 3.63) is 59.7 Å². The minimum absolute atomic E-state index is 0. The van der Waals surface area contributed by atoms with E-state index >= 15 is 0 Å². The summed E-state index contributed by atoms with van der Waals surface area (Å²) in [4.78, 5) is 0. The molecule has 0 aromatic heterocycles. The third-order valence-electron chi connectivity index (χ3n) is 6.46. The molecule has 1 aromatic carbocycles. The van der Waals surface area contributed by atoms with Crippen LogP contribution in [0.25, 0.3) is 0 Å². The van der Waals surface area contributed by atoms with Crippen molar-refractivity contribution in [3.8, 4) is 0 Å². The summed E-state index contributed by atoms with van der Waals surface area (Å²) in [5.41, 5.74) is 2.90. The van der Waals surface area contributed by atoms with Gasteiger partial charge in [-0.25, -0.2) is 0 Å². The molecular formula is C30H52ClNO3. The van der Waals surface area contributed by atoms with Crippen LogP contribution in [0.5, 0.6) is 0 Å². The summed E-state index contributed by atoms with van der Waals surface area (Å²) in [6, 6.07) is 10.9. The molecule has 1 aromatic rings. The van der Waals surface area contributed by atoms with Crippen LogP contribution in [0.3, 0.4) is 0 Å². The molecule has 3 rings (SSSR count). The highest BCUT2D eigenvalue weighted by Crippen LogP contribution is 2.29. The van der Waals surface area contributed by atoms with Crippen LogP contribution < -0.4 is 5.32 Å². The number of halogens is 1. The molecule has 0 spiro atoms. The Hall–Kier alpha value is -1.17. The van der Waals surface area contributed by atoms with Gasteiger partial charge < -0.3 is 19.5 Å². The molecule has 0 amide bonds. The first-order valence-corrected chi connectivity index (χ1v) is 13.2. The highest BCUT2D eigenvalue weighted by molar-refractivity contribution is 5.85. The van der Waals surface area contributed by atoms with E-state index in [4.69, 9.17) is 4.74 Å². The first-order chi connectivity index (χ1) is 16.7. The summed E-state index contributed by atoms with van der Waals surface area (Å²) in [7, 11) is 6.50. The zero-order valence-corrected chi connectivity index (χ0v) is 23.8. The van der Waals surface area contributed by atoms with Crippen LogP contribution in [0.2, 0.25) is 0 Å². The summed E-state index contributed by atoms with van der Waals surface area (Å²) in [5, 5.41) is 3.71. The van der Waals surface area contributed by atoms with E-state index in [1.807, 2.05) is 0 Å². The lowest BCUT2D eigenvalue weighted by molar-refractivity contribution is -0.00608. The molecule has 2 atom stereocenters. The first-order valence-electron chi connectivity index (χ1n) is 13.2. The Morgan fingerprint density at radius 1 is 0.943 bits per heavy atom. The molecular weight excluding hydrogens is 458 g/mol. The minimum Gasteiger partial charge on any atom is -0.388 e. The van der Waals surface area contributed by atoms with Crippen molar-refractivity contribution in [1.29, 1.82) is 0 Å². The quantitative estimate of drug-likeness (QED) is 0.316. The van der Waals surface area contributed by atoms with E-state index in [9.17, 15) is 0 Å². The molecule has 0 saturated heterocycles. The Balaban J connectivity index is 0.00000150. The minimum atomic E-state index is 0. The van der Waals surface area contributed by atoms with Gasteiger partial charge in [0.1, 0.15) is 0 Å². The van der Waals surface area contributed by atoms with E-state index in [0.29, 0.717) is 12.0 Å². The summed E-state index contributed by atoms with van der Waals surface area (Å²) in [6.45, 7) is 5.17. The average molecular weight is 510 g/mol. The molecule has 0 radical (unpaired) electrons. The molecule has 5 heteroatoms. The maximum Gasteiger partial charge on any atom is 0.0727 e. The smallest absolute Gasteiger partial charge is 0.0727 e. The summed E-state index contributed by atoms with van der Waals surface area (Å²) in [6.07, 6.45) is 18.8. The molecule has 1 saturated carbocycles. The van der Waals surface area contributed by atoms with Crippen molar-refractivity contribution in [2.75, 3.05) is 48.1 Å². The highest BCUT2D eigenvalue weighted by Gasteiger charge is 2.25. The normalized spacial score (nSPS) is 17.0. The van der Waals surface area contributed by atoms with Gasteiger partial charge in [0.05, 0.1) is 12.7 Å². The van der Waals surface area contributed by atoms with E-state index in [-0.39, 0.29) is 12.4 Å². The van der Waals surface area contributed by atoms with Crippen molar-refractivity contribution < 1.29 is 14.2 Å². The van der Waals surface area contributed by atoms with Gasteiger partial charge in [0.25, 0.3) is 0 Å². The highest BCUT2D eigenvalue weighted by atomic mass is 35.5. The zero-order chi connectivity index (χ0) is 24.9. The van der Waals surface area contributed by atoms with Gasteiger partial charge in [-0.1, -0.05) is 80.3 Å². The van der Waals surface area contributed by atoms with Gasteiger partial charge in [-0.3, -0.25) is 0 Å². The van der Waals surface area contributed by atoms with Crippen molar-refractivity contribution in [2.24, 2.45) is 5.92 Å². The van der Waals surface area contributed by atoms with Gasteiger partial charge in [-0.05, 0) is 56.6 Å². The van der Waals surface area contributed by atoms with Gasteiger partial charge in [-0.15, -0.1) is 12.4 Å². The van der Waals surface area contributed by atoms with Crippen LogP contribution in [0.1, 0.15) is 76.2 Å². The number of rotatable bonds is 11. The largest absolute Gasteiger partial charge is 0.388 e. The molecule has 4 nitrogen and oxygen atoms in total. The van der Waals surface area contributed by atoms with Crippen molar-refractivity contribution >= 4 is 12.4 Å². The summed E-state index contributed by atoms with van der Waals surface area (Å²) < 4.78 is 15.1. The molecule has 0 heterocycles. The molecule has 1 N–H and O–H groups in total. The predicted molar refractivity (Wildman–Crippen MR) is 153 cm³/mol. The van der Waals surface area contributed by atoms with E-state index in [0.717, 1.165) is 38.5 Å². The Bertz CT molecular complexity index is 642. The van der Waals surface area contributed by atoms with Gasteiger partial charge in [0.2, 0.25) is 0 Å². The maximum absolute atomic E-state index is 6.59. The number of allylic oxidation sites excluding steroid dienone is 3. The molecule has 0 aliphatic heterocycles. The van der Waals surface area contributed by atoms with Crippen LogP contribution in [-0.2, 0) is 14.2 Å². The second-order valence-corrected chi connectivity index (χ2v) is 9.32. The molecule has 2 aliphatic rings. The summed E-state index contributed by atoms with van der Waals surface area (Å²) >= 11 is 0. The van der Waals surface area contributed by atoms with E-state index in [2.05, 4.69) is 70.3 Å². The monoisotopic (exact) mass is 509 g/mol. The standard InChI is InChI=1S/C26H39NO.2C2H6O.ClH/c1-2-23(24-14-8-4-9-15-24)21-28-26(25-16-10-5-11-17-25)20-27-19-18-22-12-6-3-7-13-22;2*1-3-2;/h4,6,8-9,12-15,23,25-27H,2-3,5,7,10-11,16-21H2,1H3;2*1-2H3;1H/t23?,26-;;;/m0.../s1. The van der Waals surface area contributed by atoms with Gasteiger partial charge in [0.15, 0.2) is 0 Å². The fourth-order valence-electron chi connectivity index (χ4n) is 4.61. The number of benzene rings is 1. The van der Waals surface area contributed by atoms with Crippen LogP contribution in [0, 0.1) is 5.92 Å². The topological polar surface area (TPSA) is 39.7 Å². The third-order valence-corrected chi connectivity index (χ3v) is 6.46. The van der Waals surface area contributed by atoms with Crippen molar-refractivity contribution in [3.63, 3.8) is 0 Å². The SMILES string of the molecule is CCC(CO[C@@H](CNCCC1=CCCC=C1)C1CCCCC1)c1ccccc1.COC.COC.Cl. The lowest BCUT2D eigenvalue weighted by atomic mass is 9.85. The summed E-state index contributed by atoms with van der Waals surface area (Å²) in [5.74, 6) is 1.23. The van der Waals surface area contributed by atoms with Crippen LogP contribution in [0.15, 0.2) is 54.1 Å².